The summed E-state index contributed by atoms with van der Waals surface area (Å²) in [7, 11) is -3.95. The van der Waals surface area contributed by atoms with Gasteiger partial charge in [0.15, 0.2) is 0 Å². The first-order valence-corrected chi connectivity index (χ1v) is 12.4. The Labute approximate surface area is 200 Å². The van der Waals surface area contributed by atoms with Gasteiger partial charge in [-0.1, -0.05) is 96.6 Å². The number of hydrogen-bond donors (Lipinski definition) is 1. The highest BCUT2D eigenvalue weighted by Crippen LogP contribution is 2.25. The third kappa shape index (κ3) is 5.35. The Morgan fingerprint density at radius 1 is 0.735 bits per heavy atom. The maximum absolute atomic E-state index is 13.5. The highest BCUT2D eigenvalue weighted by atomic mass is 32.2. The van der Waals surface area contributed by atoms with Crippen molar-refractivity contribution >= 4 is 21.6 Å². The molecule has 0 fully saturated rings. The van der Waals surface area contributed by atoms with E-state index in [0.29, 0.717) is 5.69 Å². The Bertz CT molecular complexity index is 1330. The molecule has 1 unspecified atom stereocenters. The molecular weight excluding hydrogens is 444 g/mol. The first-order chi connectivity index (χ1) is 16.4. The van der Waals surface area contributed by atoms with Gasteiger partial charge < -0.3 is 5.32 Å². The predicted octanol–water partition coefficient (Wildman–Crippen LogP) is 5.10. The molecule has 0 aliphatic carbocycles. The number of sulfonamides is 1. The van der Waals surface area contributed by atoms with E-state index in [1.54, 1.807) is 48.5 Å². The van der Waals surface area contributed by atoms with Crippen LogP contribution in [0.25, 0.3) is 0 Å². The average molecular weight is 471 g/mol. The first-order valence-electron chi connectivity index (χ1n) is 11.0. The SMILES string of the molecule is Cc1ccc(C(NC(=O)CN(c2ccccc2)S(=O)(=O)c2ccccc2)c2ccccc2)cc1. The van der Waals surface area contributed by atoms with E-state index in [4.69, 9.17) is 0 Å². The Morgan fingerprint density at radius 2 is 1.24 bits per heavy atom. The molecule has 1 N–H and O–H groups in total. The lowest BCUT2D eigenvalue weighted by molar-refractivity contribution is -0.120. The van der Waals surface area contributed by atoms with Gasteiger partial charge in [0.25, 0.3) is 10.0 Å². The largest absolute Gasteiger partial charge is 0.344 e. The summed E-state index contributed by atoms with van der Waals surface area (Å²) in [5, 5.41) is 3.05. The fourth-order valence-corrected chi connectivity index (χ4v) is 5.17. The van der Waals surface area contributed by atoms with Crippen molar-refractivity contribution < 1.29 is 13.2 Å². The number of nitrogens with zero attached hydrogens (tertiary/aromatic N) is 1. The summed E-state index contributed by atoms with van der Waals surface area (Å²) < 4.78 is 28.1. The maximum atomic E-state index is 13.5. The molecule has 5 nitrogen and oxygen atoms in total. The van der Waals surface area contributed by atoms with Gasteiger partial charge in [-0.15, -0.1) is 0 Å². The zero-order valence-electron chi connectivity index (χ0n) is 18.8. The molecule has 0 heterocycles. The van der Waals surface area contributed by atoms with Gasteiger partial charge in [0, 0.05) is 0 Å². The quantitative estimate of drug-likeness (QED) is 0.390. The maximum Gasteiger partial charge on any atom is 0.264 e. The molecule has 4 aromatic carbocycles. The number of nitrogens with one attached hydrogen (secondary N) is 1. The van der Waals surface area contributed by atoms with Crippen molar-refractivity contribution in [1.82, 2.24) is 5.32 Å². The molecule has 0 aliphatic rings. The van der Waals surface area contributed by atoms with Gasteiger partial charge in [-0.2, -0.15) is 0 Å². The predicted molar refractivity (Wildman–Crippen MR) is 135 cm³/mol. The van der Waals surface area contributed by atoms with E-state index in [1.165, 1.54) is 12.1 Å². The lowest BCUT2D eigenvalue weighted by Gasteiger charge is -2.26. The number of para-hydroxylation sites is 1. The van der Waals surface area contributed by atoms with E-state index < -0.39 is 22.0 Å². The number of benzene rings is 4. The van der Waals surface area contributed by atoms with Crippen molar-refractivity contribution in [3.8, 4) is 0 Å². The molecule has 0 aliphatic heterocycles. The molecule has 4 aromatic rings. The van der Waals surface area contributed by atoms with Crippen LogP contribution in [-0.2, 0) is 14.8 Å². The Morgan fingerprint density at radius 3 is 1.82 bits per heavy atom. The molecule has 34 heavy (non-hydrogen) atoms. The Balaban J connectivity index is 1.66. The number of anilines is 1. The zero-order chi connectivity index (χ0) is 24.0. The van der Waals surface area contributed by atoms with E-state index in [9.17, 15) is 13.2 Å². The van der Waals surface area contributed by atoms with Crippen molar-refractivity contribution in [2.75, 3.05) is 10.8 Å². The van der Waals surface area contributed by atoms with Crippen LogP contribution >= 0.6 is 0 Å². The van der Waals surface area contributed by atoms with Gasteiger partial charge in [0.2, 0.25) is 5.91 Å². The molecule has 172 valence electrons. The number of carbonyl (C=O) groups excluding carboxylic acids is 1. The molecule has 1 atom stereocenters. The minimum atomic E-state index is -3.95. The minimum absolute atomic E-state index is 0.129. The molecule has 0 saturated heterocycles. The van der Waals surface area contributed by atoms with Crippen LogP contribution in [0.15, 0.2) is 120 Å². The van der Waals surface area contributed by atoms with Crippen LogP contribution in [0.5, 0.6) is 0 Å². The number of amides is 1. The van der Waals surface area contributed by atoms with Crippen molar-refractivity contribution in [3.05, 3.63) is 132 Å². The van der Waals surface area contributed by atoms with Crippen LogP contribution in [0, 0.1) is 6.92 Å². The second kappa shape index (κ2) is 10.4. The molecule has 0 radical (unpaired) electrons. The molecule has 1 amide bonds. The summed E-state index contributed by atoms with van der Waals surface area (Å²) in [6, 6.07) is 34.0. The van der Waals surface area contributed by atoms with E-state index in [0.717, 1.165) is 21.0 Å². The highest BCUT2D eigenvalue weighted by Gasteiger charge is 2.28. The summed E-state index contributed by atoms with van der Waals surface area (Å²) >= 11 is 0. The Hall–Kier alpha value is -3.90. The lowest BCUT2D eigenvalue weighted by Crippen LogP contribution is -2.42. The van der Waals surface area contributed by atoms with E-state index in [2.05, 4.69) is 5.32 Å². The van der Waals surface area contributed by atoms with Gasteiger partial charge in [-0.25, -0.2) is 8.42 Å². The van der Waals surface area contributed by atoms with Crippen molar-refractivity contribution in [2.24, 2.45) is 0 Å². The molecule has 0 bridgehead atoms. The molecule has 4 rings (SSSR count). The van der Waals surface area contributed by atoms with Gasteiger partial charge in [0.05, 0.1) is 16.6 Å². The first kappa shape index (κ1) is 23.3. The van der Waals surface area contributed by atoms with Crippen molar-refractivity contribution in [1.29, 1.82) is 0 Å². The van der Waals surface area contributed by atoms with Crippen molar-refractivity contribution in [2.45, 2.75) is 17.9 Å². The van der Waals surface area contributed by atoms with Gasteiger partial charge in [-0.3, -0.25) is 9.10 Å². The van der Waals surface area contributed by atoms with E-state index in [1.807, 2.05) is 61.5 Å². The molecular formula is C28H26N2O3S. The van der Waals surface area contributed by atoms with E-state index >= 15 is 0 Å². The average Bonchev–Trinajstić information content (AvgIpc) is 2.88. The summed E-state index contributed by atoms with van der Waals surface area (Å²) in [6.07, 6.45) is 0. The second-order valence-corrected chi connectivity index (χ2v) is 9.84. The third-order valence-corrected chi connectivity index (χ3v) is 7.30. The summed E-state index contributed by atoms with van der Waals surface area (Å²) in [5.74, 6) is -0.405. The minimum Gasteiger partial charge on any atom is -0.344 e. The Kier molecular flexibility index (Phi) is 7.09. The summed E-state index contributed by atoms with van der Waals surface area (Å²) in [6.45, 7) is 1.66. The van der Waals surface area contributed by atoms with Gasteiger partial charge >= 0.3 is 0 Å². The van der Waals surface area contributed by atoms with Gasteiger partial charge in [0.1, 0.15) is 6.54 Å². The molecule has 0 saturated carbocycles. The lowest BCUT2D eigenvalue weighted by atomic mass is 9.98. The number of rotatable bonds is 8. The smallest absolute Gasteiger partial charge is 0.264 e. The normalized spacial score (nSPS) is 12.0. The second-order valence-electron chi connectivity index (χ2n) is 7.98. The third-order valence-electron chi connectivity index (χ3n) is 5.51. The standard InChI is InChI=1S/C28H26N2O3S/c1-22-17-19-24(20-18-22)28(23-11-5-2-6-12-23)29-27(31)21-30(25-13-7-3-8-14-25)34(32,33)26-15-9-4-10-16-26/h2-20,28H,21H2,1H3,(H,29,31). The van der Waals surface area contributed by atoms with Crippen LogP contribution in [0.4, 0.5) is 5.69 Å². The summed E-state index contributed by atoms with van der Waals surface area (Å²) in [4.78, 5) is 13.4. The zero-order valence-corrected chi connectivity index (χ0v) is 19.7. The van der Waals surface area contributed by atoms with E-state index in [-0.39, 0.29) is 11.4 Å². The van der Waals surface area contributed by atoms with Crippen LogP contribution in [0.3, 0.4) is 0 Å². The van der Waals surface area contributed by atoms with Crippen LogP contribution in [0.2, 0.25) is 0 Å². The topological polar surface area (TPSA) is 66.5 Å². The fourth-order valence-electron chi connectivity index (χ4n) is 3.73. The highest BCUT2D eigenvalue weighted by molar-refractivity contribution is 7.92. The monoisotopic (exact) mass is 470 g/mol. The van der Waals surface area contributed by atoms with Crippen LogP contribution in [-0.4, -0.2) is 20.9 Å². The molecule has 0 aromatic heterocycles. The van der Waals surface area contributed by atoms with Crippen LogP contribution in [0.1, 0.15) is 22.7 Å². The number of aryl methyl sites for hydroxylation is 1. The summed E-state index contributed by atoms with van der Waals surface area (Å²) in [5.41, 5.74) is 3.37. The fraction of sp³-hybridized carbons (Fsp3) is 0.107. The number of carbonyl (C=O) groups is 1. The van der Waals surface area contributed by atoms with Crippen LogP contribution < -0.4 is 9.62 Å². The molecule has 6 heteroatoms. The molecule has 0 spiro atoms. The number of hydrogen-bond acceptors (Lipinski definition) is 3. The van der Waals surface area contributed by atoms with Crippen molar-refractivity contribution in [3.63, 3.8) is 0 Å². The van der Waals surface area contributed by atoms with Gasteiger partial charge in [-0.05, 0) is 42.3 Å².